The average molecular weight is 963 g/mol. The first kappa shape index (κ1) is 61.3. The topological polar surface area (TPSA) is 214 Å². The molecule has 2 heterocycles. The van der Waals surface area contributed by atoms with Gasteiger partial charge in [-0.15, -0.1) is 0 Å². The number of ether oxygens (including phenoxy) is 6. The fourth-order valence-electron chi connectivity index (χ4n) is 7.51. The van der Waals surface area contributed by atoms with E-state index >= 15 is 0 Å². The SMILES string of the molecule is CC/C=C\C/C=C\C/C=C\C/C=C\C/C=C\CC(=O)OC(COCCCCCCCCCC/C=C\C/C=C\CCCCCC)COC1OC(COC2OC(CO)C(O)C(O)C2O)C(O)C(O)C1O. The molecule has 14 nitrogen and oxygen atoms in total. The summed E-state index contributed by atoms with van der Waals surface area (Å²) in [5, 5.41) is 72.1. The van der Waals surface area contributed by atoms with Crippen molar-refractivity contribution in [3.63, 3.8) is 0 Å². The number of carbonyl (C=O) groups excluding carboxylic acids is 1. The molecular formula is C54H90O14. The van der Waals surface area contributed by atoms with E-state index in [4.69, 9.17) is 28.4 Å². The Bertz CT molecular complexity index is 1440. The maximum Gasteiger partial charge on any atom is 0.310 e. The van der Waals surface area contributed by atoms with Crippen LogP contribution in [0.25, 0.3) is 0 Å². The Morgan fingerprint density at radius 2 is 0.956 bits per heavy atom. The smallest absolute Gasteiger partial charge is 0.310 e. The van der Waals surface area contributed by atoms with Gasteiger partial charge < -0.3 is 64.2 Å². The van der Waals surface area contributed by atoms with Gasteiger partial charge in [-0.2, -0.15) is 0 Å². The van der Waals surface area contributed by atoms with Crippen LogP contribution in [0.1, 0.15) is 149 Å². The second-order valence-electron chi connectivity index (χ2n) is 17.6. The second-order valence-corrected chi connectivity index (χ2v) is 17.6. The molecule has 0 spiro atoms. The lowest BCUT2D eigenvalue weighted by Crippen LogP contribution is -2.61. The minimum atomic E-state index is -1.73. The van der Waals surface area contributed by atoms with Gasteiger partial charge in [0.15, 0.2) is 12.6 Å². The summed E-state index contributed by atoms with van der Waals surface area (Å²) in [6, 6.07) is 0. The molecule has 2 fully saturated rings. The van der Waals surface area contributed by atoms with Crippen molar-refractivity contribution in [3.05, 3.63) is 85.1 Å². The van der Waals surface area contributed by atoms with Crippen LogP contribution >= 0.6 is 0 Å². The zero-order valence-electron chi connectivity index (χ0n) is 41.3. The van der Waals surface area contributed by atoms with E-state index < -0.39 is 86.7 Å². The maximum atomic E-state index is 12.9. The molecule has 11 unspecified atom stereocenters. The van der Waals surface area contributed by atoms with Crippen molar-refractivity contribution in [1.82, 2.24) is 0 Å². The molecule has 2 rings (SSSR count). The summed E-state index contributed by atoms with van der Waals surface area (Å²) in [6.45, 7) is 3.39. The Labute approximate surface area is 408 Å². The van der Waals surface area contributed by atoms with Crippen molar-refractivity contribution in [1.29, 1.82) is 0 Å². The molecule has 0 aromatic rings. The lowest BCUT2D eigenvalue weighted by Gasteiger charge is -2.42. The number of unbranched alkanes of at least 4 members (excludes halogenated alkanes) is 12. The zero-order valence-corrected chi connectivity index (χ0v) is 41.3. The van der Waals surface area contributed by atoms with Crippen LogP contribution in [0.2, 0.25) is 0 Å². The molecule has 0 radical (unpaired) electrons. The summed E-state index contributed by atoms with van der Waals surface area (Å²) in [4.78, 5) is 12.9. The van der Waals surface area contributed by atoms with E-state index in [1.165, 1.54) is 64.2 Å². The van der Waals surface area contributed by atoms with Gasteiger partial charge in [0, 0.05) is 6.61 Å². The predicted molar refractivity (Wildman–Crippen MR) is 265 cm³/mol. The highest BCUT2D eigenvalue weighted by Gasteiger charge is 2.47. The lowest BCUT2D eigenvalue weighted by atomic mass is 9.98. The average Bonchev–Trinajstić information content (AvgIpc) is 3.33. The summed E-state index contributed by atoms with van der Waals surface area (Å²) in [7, 11) is 0. The third-order valence-electron chi connectivity index (χ3n) is 11.7. The number of aliphatic hydroxyl groups excluding tert-OH is 7. The minimum Gasteiger partial charge on any atom is -0.457 e. The molecule has 2 saturated heterocycles. The van der Waals surface area contributed by atoms with Gasteiger partial charge in [-0.3, -0.25) is 4.79 Å². The zero-order chi connectivity index (χ0) is 49.5. The number of allylic oxidation sites excluding steroid dienone is 13. The Kier molecular flexibility index (Phi) is 36.8. The molecule has 2 aliphatic rings. The summed E-state index contributed by atoms with van der Waals surface area (Å²) in [5.41, 5.74) is 0. The molecule has 14 heteroatoms. The van der Waals surface area contributed by atoms with E-state index in [2.05, 4.69) is 80.7 Å². The third-order valence-corrected chi connectivity index (χ3v) is 11.7. The first-order valence-corrected chi connectivity index (χ1v) is 25.7. The van der Waals surface area contributed by atoms with Crippen molar-refractivity contribution in [3.8, 4) is 0 Å². The Morgan fingerprint density at radius 3 is 1.50 bits per heavy atom. The quantitative estimate of drug-likeness (QED) is 0.0179. The monoisotopic (exact) mass is 963 g/mol. The number of carbonyl (C=O) groups is 1. The number of aliphatic hydroxyl groups is 7. The van der Waals surface area contributed by atoms with Crippen LogP contribution in [0.5, 0.6) is 0 Å². The second kappa shape index (κ2) is 40.9. The lowest BCUT2D eigenvalue weighted by molar-refractivity contribution is -0.332. The van der Waals surface area contributed by atoms with Gasteiger partial charge in [0.25, 0.3) is 0 Å². The molecule has 2 aliphatic heterocycles. The van der Waals surface area contributed by atoms with Crippen molar-refractivity contribution in [2.45, 2.75) is 216 Å². The predicted octanol–water partition coefficient (Wildman–Crippen LogP) is 7.68. The number of esters is 1. The van der Waals surface area contributed by atoms with Crippen molar-refractivity contribution < 1.29 is 69.0 Å². The molecule has 0 saturated carbocycles. The van der Waals surface area contributed by atoms with E-state index in [-0.39, 0.29) is 19.6 Å². The van der Waals surface area contributed by atoms with Crippen molar-refractivity contribution in [2.75, 3.05) is 33.0 Å². The Morgan fingerprint density at radius 1 is 0.500 bits per heavy atom. The highest BCUT2D eigenvalue weighted by atomic mass is 16.7. The van der Waals surface area contributed by atoms with Gasteiger partial charge >= 0.3 is 5.97 Å². The number of hydrogen-bond donors (Lipinski definition) is 7. The van der Waals surface area contributed by atoms with E-state index in [1.807, 2.05) is 12.2 Å². The van der Waals surface area contributed by atoms with Gasteiger partial charge in [-0.25, -0.2) is 0 Å². The molecule has 7 N–H and O–H groups in total. The van der Waals surface area contributed by atoms with Crippen LogP contribution in [-0.4, -0.2) is 142 Å². The molecule has 0 bridgehead atoms. The molecule has 390 valence electrons. The highest BCUT2D eigenvalue weighted by Crippen LogP contribution is 2.26. The van der Waals surface area contributed by atoms with Crippen molar-refractivity contribution in [2.24, 2.45) is 0 Å². The number of rotatable bonds is 39. The van der Waals surface area contributed by atoms with Crippen molar-refractivity contribution >= 4 is 5.97 Å². The molecule has 0 aromatic carbocycles. The third kappa shape index (κ3) is 28.1. The fourth-order valence-corrected chi connectivity index (χ4v) is 7.51. The normalized spacial score (nSPS) is 26.6. The Hall–Kier alpha value is -2.83. The molecule has 0 aromatic heterocycles. The van der Waals surface area contributed by atoms with E-state index in [1.54, 1.807) is 6.08 Å². The fraction of sp³-hybridized carbons (Fsp3) is 0.722. The highest BCUT2D eigenvalue weighted by molar-refractivity contribution is 5.71. The van der Waals surface area contributed by atoms with Gasteiger partial charge in [0.05, 0.1) is 32.8 Å². The van der Waals surface area contributed by atoms with Gasteiger partial charge in [-0.05, 0) is 70.6 Å². The number of hydrogen-bond acceptors (Lipinski definition) is 14. The summed E-state index contributed by atoms with van der Waals surface area (Å²) in [6.07, 6.45) is 35.3. The van der Waals surface area contributed by atoms with E-state index in [0.717, 1.165) is 57.8 Å². The first-order chi connectivity index (χ1) is 33.1. The summed E-state index contributed by atoms with van der Waals surface area (Å²) < 4.78 is 34.1. The minimum absolute atomic E-state index is 0.0127. The summed E-state index contributed by atoms with van der Waals surface area (Å²) >= 11 is 0. The largest absolute Gasteiger partial charge is 0.457 e. The Balaban J connectivity index is 1.80. The molecular weight excluding hydrogens is 873 g/mol. The van der Waals surface area contributed by atoms with Crippen LogP contribution in [-0.2, 0) is 33.2 Å². The van der Waals surface area contributed by atoms with Crippen LogP contribution in [0, 0.1) is 0 Å². The summed E-state index contributed by atoms with van der Waals surface area (Å²) in [5.74, 6) is -0.508. The van der Waals surface area contributed by atoms with E-state index in [9.17, 15) is 40.5 Å². The van der Waals surface area contributed by atoms with Crippen LogP contribution < -0.4 is 0 Å². The molecule has 0 aliphatic carbocycles. The molecule has 68 heavy (non-hydrogen) atoms. The molecule has 0 amide bonds. The van der Waals surface area contributed by atoms with Gasteiger partial charge in [0.2, 0.25) is 0 Å². The van der Waals surface area contributed by atoms with Gasteiger partial charge in [0.1, 0.15) is 54.9 Å². The first-order valence-electron chi connectivity index (χ1n) is 25.7. The van der Waals surface area contributed by atoms with Crippen LogP contribution in [0.4, 0.5) is 0 Å². The van der Waals surface area contributed by atoms with Crippen LogP contribution in [0.3, 0.4) is 0 Å². The molecule has 11 atom stereocenters. The van der Waals surface area contributed by atoms with E-state index in [0.29, 0.717) is 13.0 Å². The maximum absolute atomic E-state index is 12.9. The van der Waals surface area contributed by atoms with Gasteiger partial charge in [-0.1, -0.05) is 157 Å². The standard InChI is InChI=1S/C54H90O14/c1-3-5-7-9-11-13-15-17-19-20-21-22-24-26-28-30-32-34-36-38-63-40-43(66-46(56)37-35-33-31-29-27-25-23-18-16-14-12-10-8-6-4-2)41-64-53-52(62)50(60)48(58)45(68-53)42-65-54-51(61)49(59)47(57)44(39-55)67-54/h6,8,12-15,18-20,23,27,29,33,35,43-45,47-55,57-62H,3-5,7,9-11,16-17,21-22,24-26,28,30-32,34,36-42H2,1-2H3/b8-6-,14-12-,15-13-,20-19-,23-18-,29-27-,35-33-. The van der Waals surface area contributed by atoms with Crippen LogP contribution in [0.15, 0.2) is 85.1 Å².